The largest absolute Gasteiger partial charge is 0.328 e. The van der Waals surface area contributed by atoms with Crippen molar-refractivity contribution in [2.45, 2.75) is 6.92 Å². The first-order valence-corrected chi connectivity index (χ1v) is 4.70. The number of hydrogen-bond donors (Lipinski definition) is 1. The summed E-state index contributed by atoms with van der Waals surface area (Å²) in [6.45, 7) is 1.63. The lowest BCUT2D eigenvalue weighted by Crippen LogP contribution is -2.21. The van der Waals surface area contributed by atoms with Crippen LogP contribution in [0.4, 0.5) is 6.01 Å². The van der Waals surface area contributed by atoms with Crippen molar-refractivity contribution in [3.05, 3.63) is 34.3 Å². The topological polar surface area (TPSA) is 103 Å². The highest BCUT2D eigenvalue weighted by atomic mass is 16.5. The molecule has 0 bridgehead atoms. The van der Waals surface area contributed by atoms with E-state index < -0.39 is 5.91 Å². The van der Waals surface area contributed by atoms with Gasteiger partial charge in [0.2, 0.25) is 0 Å². The third-order valence-electron chi connectivity index (χ3n) is 1.96. The van der Waals surface area contributed by atoms with Crippen molar-refractivity contribution in [3.63, 3.8) is 0 Å². The number of hydrogen-bond acceptors (Lipinski definition) is 6. The minimum absolute atomic E-state index is 0.0110. The summed E-state index contributed by atoms with van der Waals surface area (Å²) in [4.78, 5) is 30.3. The van der Waals surface area contributed by atoms with Crippen molar-refractivity contribution < 1.29 is 9.32 Å². The lowest BCUT2D eigenvalue weighted by molar-refractivity contribution is 0.101. The summed E-state index contributed by atoms with van der Waals surface area (Å²) >= 11 is 0. The SMILES string of the molecule is Cc1noc(NC(=O)c2cn(C)c(=O)cn2)n1. The van der Waals surface area contributed by atoms with Gasteiger partial charge in [-0.1, -0.05) is 5.16 Å². The molecule has 0 unspecified atom stereocenters. The Labute approximate surface area is 95.3 Å². The van der Waals surface area contributed by atoms with Crippen LogP contribution in [0.5, 0.6) is 0 Å². The van der Waals surface area contributed by atoms with Gasteiger partial charge in [0, 0.05) is 13.2 Å². The fourth-order valence-corrected chi connectivity index (χ4v) is 1.12. The molecule has 88 valence electrons. The lowest BCUT2D eigenvalue weighted by Gasteiger charge is -2.01. The van der Waals surface area contributed by atoms with Crippen LogP contribution in [0.3, 0.4) is 0 Å². The van der Waals surface area contributed by atoms with Gasteiger partial charge in [0.15, 0.2) is 5.82 Å². The van der Waals surface area contributed by atoms with Crippen LogP contribution >= 0.6 is 0 Å². The van der Waals surface area contributed by atoms with E-state index in [1.807, 2.05) is 0 Å². The van der Waals surface area contributed by atoms with Gasteiger partial charge >= 0.3 is 6.01 Å². The highest BCUT2D eigenvalue weighted by Crippen LogP contribution is 2.03. The first-order valence-electron chi connectivity index (χ1n) is 4.70. The molecule has 0 spiro atoms. The molecule has 1 N–H and O–H groups in total. The van der Waals surface area contributed by atoms with Gasteiger partial charge in [0.05, 0.1) is 6.20 Å². The van der Waals surface area contributed by atoms with Crippen LogP contribution in [0.1, 0.15) is 16.3 Å². The second-order valence-corrected chi connectivity index (χ2v) is 3.32. The molecule has 0 radical (unpaired) electrons. The quantitative estimate of drug-likeness (QED) is 0.768. The monoisotopic (exact) mass is 235 g/mol. The van der Waals surface area contributed by atoms with Gasteiger partial charge in [0.1, 0.15) is 5.69 Å². The molecule has 2 aromatic rings. The Bertz CT molecular complexity index is 615. The van der Waals surface area contributed by atoms with Gasteiger partial charge in [-0.3, -0.25) is 14.9 Å². The van der Waals surface area contributed by atoms with Crippen LogP contribution in [0.25, 0.3) is 0 Å². The molecular weight excluding hydrogens is 226 g/mol. The Hall–Kier alpha value is -2.51. The van der Waals surface area contributed by atoms with Gasteiger partial charge in [-0.2, -0.15) is 4.98 Å². The maximum Gasteiger partial charge on any atom is 0.328 e. The molecular formula is C9H9N5O3. The van der Waals surface area contributed by atoms with E-state index in [0.29, 0.717) is 5.82 Å². The zero-order chi connectivity index (χ0) is 12.4. The van der Waals surface area contributed by atoms with Crippen molar-refractivity contribution in [1.29, 1.82) is 0 Å². The van der Waals surface area contributed by atoms with Crippen LogP contribution in [0.2, 0.25) is 0 Å². The summed E-state index contributed by atoms with van der Waals surface area (Å²) in [7, 11) is 1.53. The number of carbonyl (C=O) groups is 1. The highest BCUT2D eigenvalue weighted by molar-refractivity contribution is 6.01. The minimum atomic E-state index is -0.524. The third kappa shape index (κ3) is 2.36. The molecule has 0 aliphatic rings. The molecule has 0 atom stereocenters. The van der Waals surface area contributed by atoms with E-state index in [0.717, 1.165) is 6.20 Å². The van der Waals surface area contributed by atoms with Crippen LogP contribution in [0.15, 0.2) is 21.7 Å². The maximum absolute atomic E-state index is 11.7. The Morgan fingerprint density at radius 1 is 1.53 bits per heavy atom. The molecule has 17 heavy (non-hydrogen) atoms. The second kappa shape index (κ2) is 4.16. The third-order valence-corrected chi connectivity index (χ3v) is 1.96. The van der Waals surface area contributed by atoms with Crippen molar-refractivity contribution in [2.75, 3.05) is 5.32 Å². The average Bonchev–Trinajstić information content (AvgIpc) is 2.68. The Kier molecular flexibility index (Phi) is 2.69. The fraction of sp³-hybridized carbons (Fsp3) is 0.222. The van der Waals surface area contributed by atoms with E-state index in [-0.39, 0.29) is 17.3 Å². The van der Waals surface area contributed by atoms with Crippen LogP contribution in [0, 0.1) is 6.92 Å². The summed E-state index contributed by atoms with van der Waals surface area (Å²) in [5, 5.41) is 5.89. The van der Waals surface area contributed by atoms with Crippen LogP contribution in [-0.2, 0) is 7.05 Å². The Morgan fingerprint density at radius 2 is 2.29 bits per heavy atom. The highest BCUT2D eigenvalue weighted by Gasteiger charge is 2.12. The van der Waals surface area contributed by atoms with Gasteiger partial charge in [-0.05, 0) is 6.92 Å². The van der Waals surface area contributed by atoms with E-state index in [4.69, 9.17) is 4.52 Å². The summed E-state index contributed by atoms with van der Waals surface area (Å²) in [6.07, 6.45) is 2.38. The van der Waals surface area contributed by atoms with Crippen molar-refractivity contribution in [2.24, 2.45) is 7.05 Å². The number of amides is 1. The van der Waals surface area contributed by atoms with Crippen LogP contribution < -0.4 is 10.9 Å². The summed E-state index contributed by atoms with van der Waals surface area (Å²) in [5.41, 5.74) is -0.210. The zero-order valence-electron chi connectivity index (χ0n) is 9.17. The molecule has 0 saturated heterocycles. The second-order valence-electron chi connectivity index (χ2n) is 3.32. The number of nitrogens with one attached hydrogen (secondary N) is 1. The predicted molar refractivity (Wildman–Crippen MR) is 56.5 cm³/mol. The smallest absolute Gasteiger partial charge is 0.315 e. The minimum Gasteiger partial charge on any atom is -0.315 e. The molecule has 1 amide bonds. The summed E-state index contributed by atoms with van der Waals surface area (Å²) in [5.74, 6) is -0.113. The van der Waals surface area contributed by atoms with Gasteiger partial charge < -0.3 is 9.09 Å². The normalized spacial score (nSPS) is 10.2. The number of aryl methyl sites for hydroxylation is 2. The van der Waals surface area contributed by atoms with E-state index in [1.165, 1.54) is 17.8 Å². The first kappa shape index (κ1) is 11.0. The molecule has 0 aliphatic carbocycles. The molecule has 0 aliphatic heterocycles. The van der Waals surface area contributed by atoms with E-state index in [2.05, 4.69) is 20.4 Å². The Balaban J connectivity index is 2.20. The first-order chi connectivity index (χ1) is 8.06. The molecule has 0 saturated carbocycles. The zero-order valence-corrected chi connectivity index (χ0v) is 9.17. The maximum atomic E-state index is 11.7. The molecule has 2 heterocycles. The number of carbonyl (C=O) groups excluding carboxylic acids is 1. The molecule has 0 aromatic carbocycles. The van der Waals surface area contributed by atoms with Crippen molar-refractivity contribution in [1.82, 2.24) is 19.7 Å². The summed E-state index contributed by atoms with van der Waals surface area (Å²) in [6, 6.07) is -0.0110. The number of aromatic nitrogens is 4. The Morgan fingerprint density at radius 3 is 2.88 bits per heavy atom. The molecule has 8 nitrogen and oxygen atoms in total. The van der Waals surface area contributed by atoms with E-state index >= 15 is 0 Å². The number of anilines is 1. The van der Waals surface area contributed by atoms with Gasteiger partial charge in [-0.25, -0.2) is 4.98 Å². The van der Waals surface area contributed by atoms with Crippen molar-refractivity contribution in [3.8, 4) is 0 Å². The molecule has 8 heteroatoms. The van der Waals surface area contributed by atoms with Crippen molar-refractivity contribution >= 4 is 11.9 Å². The molecule has 2 aromatic heterocycles. The van der Waals surface area contributed by atoms with Gasteiger partial charge in [-0.15, -0.1) is 0 Å². The fourth-order valence-electron chi connectivity index (χ4n) is 1.12. The molecule has 0 fully saturated rings. The summed E-state index contributed by atoms with van der Waals surface area (Å²) < 4.78 is 5.97. The standard InChI is InChI=1S/C9H9N5O3/c1-5-11-9(17-13-5)12-8(16)6-4-14(2)7(15)3-10-6/h3-4H,1-2H3,(H,11,12,13,16). The molecule has 2 rings (SSSR count). The number of rotatable bonds is 2. The average molecular weight is 235 g/mol. The van der Waals surface area contributed by atoms with Crippen LogP contribution in [-0.4, -0.2) is 25.6 Å². The lowest BCUT2D eigenvalue weighted by atomic mass is 10.4. The van der Waals surface area contributed by atoms with Gasteiger partial charge in [0.25, 0.3) is 11.5 Å². The van der Waals surface area contributed by atoms with E-state index in [9.17, 15) is 9.59 Å². The predicted octanol–water partition coefficient (Wildman–Crippen LogP) is -0.276. The van der Waals surface area contributed by atoms with E-state index in [1.54, 1.807) is 6.92 Å². The number of nitrogens with zero attached hydrogens (tertiary/aromatic N) is 4.